The van der Waals surface area contributed by atoms with Gasteiger partial charge in [-0.15, -0.1) is 4.73 Å². The topological polar surface area (TPSA) is 60.3 Å². The van der Waals surface area contributed by atoms with Crippen LogP contribution >= 0.6 is 0 Å². The van der Waals surface area contributed by atoms with Crippen LogP contribution in [0.4, 0.5) is 10.1 Å². The number of amides is 1. The summed E-state index contributed by atoms with van der Waals surface area (Å²) in [5.74, 6) is -1.03. The van der Waals surface area contributed by atoms with E-state index in [1.54, 1.807) is 24.3 Å². The third kappa shape index (κ3) is 2.78. The summed E-state index contributed by atoms with van der Waals surface area (Å²) in [5.41, 5.74) is 0.0231. The van der Waals surface area contributed by atoms with Crippen LogP contribution in [0.2, 0.25) is 0 Å². The van der Waals surface area contributed by atoms with Crippen LogP contribution < -0.4 is 15.7 Å². The van der Waals surface area contributed by atoms with Crippen molar-refractivity contribution >= 4 is 22.4 Å². The Hall–Kier alpha value is -3.15. The van der Waals surface area contributed by atoms with Crippen LogP contribution in [0.5, 0.6) is 0 Å². The highest BCUT2D eigenvalue weighted by molar-refractivity contribution is 6.04. The molecule has 0 spiro atoms. The Labute approximate surface area is 130 Å². The zero-order valence-corrected chi connectivity index (χ0v) is 12.2. The van der Waals surface area contributed by atoms with E-state index in [1.807, 2.05) is 6.07 Å². The van der Waals surface area contributed by atoms with Crippen molar-refractivity contribution in [2.45, 2.75) is 0 Å². The van der Waals surface area contributed by atoms with E-state index in [-0.39, 0.29) is 11.1 Å². The summed E-state index contributed by atoms with van der Waals surface area (Å²) in [6.45, 7) is 0. The first-order valence-electron chi connectivity index (χ1n) is 6.86. The number of hydrogen-bond acceptors (Lipinski definition) is 3. The normalized spacial score (nSPS) is 10.5. The van der Waals surface area contributed by atoms with Gasteiger partial charge in [0.1, 0.15) is 18.6 Å². The van der Waals surface area contributed by atoms with Crippen LogP contribution in [0, 0.1) is 5.82 Å². The fraction of sp³-hybridized carbons (Fsp3) is 0.0588. The second kappa shape index (κ2) is 5.92. The van der Waals surface area contributed by atoms with Crippen molar-refractivity contribution in [3.05, 3.63) is 76.5 Å². The molecule has 2 aromatic carbocycles. The number of carbonyl (C=O) groups excluding carboxylic acids is 1. The molecule has 0 saturated heterocycles. The molecule has 0 unspecified atom stereocenters. The molecule has 116 valence electrons. The molecule has 0 fully saturated rings. The van der Waals surface area contributed by atoms with E-state index in [0.717, 1.165) is 10.8 Å². The standard InChI is InChI=1S/C17H13FN2O3/c1-23-20-15(16(21)19-13-5-3-2-4-6-13)9-11-7-8-12(18)10-14(11)17(20)22/h2-10H,1H3,(H,19,21). The van der Waals surface area contributed by atoms with Gasteiger partial charge in [0.25, 0.3) is 11.5 Å². The number of anilines is 1. The Morgan fingerprint density at radius 1 is 1.13 bits per heavy atom. The van der Waals surface area contributed by atoms with Crippen molar-refractivity contribution in [1.82, 2.24) is 4.73 Å². The highest BCUT2D eigenvalue weighted by Gasteiger charge is 2.17. The summed E-state index contributed by atoms with van der Waals surface area (Å²) in [6, 6.07) is 14.1. The van der Waals surface area contributed by atoms with Gasteiger partial charge in [-0.25, -0.2) is 4.39 Å². The van der Waals surface area contributed by atoms with Gasteiger partial charge in [0.15, 0.2) is 0 Å². The molecule has 0 atom stereocenters. The van der Waals surface area contributed by atoms with Gasteiger partial charge in [0.2, 0.25) is 0 Å². The quantitative estimate of drug-likeness (QED) is 0.808. The Morgan fingerprint density at radius 3 is 2.57 bits per heavy atom. The summed E-state index contributed by atoms with van der Waals surface area (Å²) >= 11 is 0. The number of nitrogens with zero attached hydrogens (tertiary/aromatic N) is 1. The van der Waals surface area contributed by atoms with Crippen LogP contribution in [0.15, 0.2) is 59.4 Å². The first-order valence-corrected chi connectivity index (χ1v) is 6.86. The minimum Gasteiger partial charge on any atom is -0.413 e. The van der Waals surface area contributed by atoms with E-state index in [0.29, 0.717) is 11.1 Å². The van der Waals surface area contributed by atoms with Crippen LogP contribution in [-0.2, 0) is 0 Å². The smallest absolute Gasteiger partial charge is 0.291 e. The van der Waals surface area contributed by atoms with E-state index in [1.165, 1.54) is 25.3 Å². The monoisotopic (exact) mass is 312 g/mol. The molecule has 0 aliphatic rings. The lowest BCUT2D eigenvalue weighted by Crippen LogP contribution is -2.32. The summed E-state index contributed by atoms with van der Waals surface area (Å²) in [4.78, 5) is 29.8. The largest absolute Gasteiger partial charge is 0.413 e. The highest BCUT2D eigenvalue weighted by atomic mass is 19.1. The minimum atomic E-state index is -0.595. The maximum absolute atomic E-state index is 13.3. The molecular formula is C17H13FN2O3. The van der Waals surface area contributed by atoms with E-state index in [9.17, 15) is 14.0 Å². The number of nitrogens with one attached hydrogen (secondary N) is 1. The average molecular weight is 312 g/mol. The predicted octanol–water partition coefficient (Wildman–Crippen LogP) is 2.45. The lowest BCUT2D eigenvalue weighted by molar-refractivity contribution is 0.0952. The van der Waals surface area contributed by atoms with E-state index >= 15 is 0 Å². The molecule has 0 aliphatic carbocycles. The number of benzene rings is 2. The van der Waals surface area contributed by atoms with Crippen LogP contribution in [0.25, 0.3) is 10.8 Å². The Bertz CT molecular complexity index is 936. The van der Waals surface area contributed by atoms with Crippen molar-refractivity contribution in [2.75, 3.05) is 12.4 Å². The summed E-state index contributed by atoms with van der Waals surface area (Å²) in [6.07, 6.45) is 0. The molecule has 1 N–H and O–H groups in total. The first kappa shape index (κ1) is 14.8. The van der Waals surface area contributed by atoms with Gasteiger partial charge in [-0.2, -0.15) is 0 Å². The summed E-state index contributed by atoms with van der Waals surface area (Å²) in [7, 11) is 1.27. The van der Waals surface area contributed by atoms with E-state index < -0.39 is 17.3 Å². The molecular weight excluding hydrogens is 299 g/mol. The molecule has 5 nitrogen and oxygen atoms in total. The SMILES string of the molecule is COn1c(C(=O)Nc2ccccc2)cc2ccc(F)cc2c1=O. The van der Waals surface area contributed by atoms with Crippen LogP contribution in [0.1, 0.15) is 10.5 Å². The molecule has 6 heteroatoms. The van der Waals surface area contributed by atoms with Gasteiger partial charge in [0.05, 0.1) is 5.39 Å². The summed E-state index contributed by atoms with van der Waals surface area (Å²) < 4.78 is 14.2. The third-order valence-electron chi connectivity index (χ3n) is 3.39. The molecule has 3 rings (SSSR count). The van der Waals surface area contributed by atoms with E-state index in [2.05, 4.69) is 5.32 Å². The Balaban J connectivity index is 2.11. The van der Waals surface area contributed by atoms with Gasteiger partial charge in [-0.1, -0.05) is 24.3 Å². The predicted molar refractivity (Wildman–Crippen MR) is 85.1 cm³/mol. The third-order valence-corrected chi connectivity index (χ3v) is 3.39. The summed E-state index contributed by atoms with van der Waals surface area (Å²) in [5, 5.41) is 3.29. The molecule has 0 bridgehead atoms. The zero-order valence-electron chi connectivity index (χ0n) is 12.2. The van der Waals surface area contributed by atoms with Crippen molar-refractivity contribution < 1.29 is 14.0 Å². The van der Waals surface area contributed by atoms with Gasteiger partial charge in [0, 0.05) is 5.69 Å². The molecule has 0 radical (unpaired) electrons. The molecule has 0 aliphatic heterocycles. The number of hydrogen-bond donors (Lipinski definition) is 1. The van der Waals surface area contributed by atoms with Crippen molar-refractivity contribution in [2.24, 2.45) is 0 Å². The van der Waals surface area contributed by atoms with Gasteiger partial charge in [-0.05, 0) is 35.7 Å². The number of pyridine rings is 1. The fourth-order valence-electron chi connectivity index (χ4n) is 2.32. The molecule has 0 saturated carbocycles. The molecule has 1 aromatic heterocycles. The number of aromatic nitrogens is 1. The Kier molecular flexibility index (Phi) is 3.80. The highest BCUT2D eigenvalue weighted by Crippen LogP contribution is 2.15. The molecule has 3 aromatic rings. The van der Waals surface area contributed by atoms with Crippen LogP contribution in [0.3, 0.4) is 0 Å². The molecule has 23 heavy (non-hydrogen) atoms. The Morgan fingerprint density at radius 2 is 1.87 bits per heavy atom. The lowest BCUT2D eigenvalue weighted by Gasteiger charge is -2.12. The number of halogens is 1. The van der Waals surface area contributed by atoms with Gasteiger partial charge < -0.3 is 10.2 Å². The van der Waals surface area contributed by atoms with Crippen LogP contribution in [-0.4, -0.2) is 17.7 Å². The lowest BCUT2D eigenvalue weighted by atomic mass is 10.1. The average Bonchev–Trinajstić information content (AvgIpc) is 2.56. The second-order valence-electron chi connectivity index (χ2n) is 4.86. The molecule has 1 amide bonds. The zero-order chi connectivity index (χ0) is 16.4. The van der Waals surface area contributed by atoms with Gasteiger partial charge >= 0.3 is 0 Å². The number of fused-ring (bicyclic) bond motifs is 1. The second-order valence-corrected chi connectivity index (χ2v) is 4.86. The minimum absolute atomic E-state index is 0.0282. The van der Waals surface area contributed by atoms with Crippen molar-refractivity contribution in [3.8, 4) is 0 Å². The number of rotatable bonds is 3. The van der Waals surface area contributed by atoms with Crippen molar-refractivity contribution in [1.29, 1.82) is 0 Å². The number of para-hydroxylation sites is 1. The van der Waals surface area contributed by atoms with E-state index in [4.69, 9.17) is 4.84 Å². The number of carbonyl (C=O) groups is 1. The van der Waals surface area contributed by atoms with Gasteiger partial charge in [-0.3, -0.25) is 9.59 Å². The van der Waals surface area contributed by atoms with Crippen molar-refractivity contribution in [3.63, 3.8) is 0 Å². The first-order chi connectivity index (χ1) is 11.1. The maximum Gasteiger partial charge on any atom is 0.291 e. The fourth-order valence-corrected chi connectivity index (χ4v) is 2.32. The maximum atomic E-state index is 13.3. The molecule has 1 heterocycles.